The van der Waals surface area contributed by atoms with Gasteiger partial charge in [0.05, 0.1) is 23.1 Å². The summed E-state index contributed by atoms with van der Waals surface area (Å²) < 4.78 is 14.7. The fourth-order valence-corrected chi connectivity index (χ4v) is 2.68. The van der Waals surface area contributed by atoms with Crippen molar-refractivity contribution in [1.82, 2.24) is 14.8 Å². The van der Waals surface area contributed by atoms with Gasteiger partial charge in [-0.15, -0.1) is 11.3 Å². The normalized spacial score (nSPS) is 10.6. The van der Waals surface area contributed by atoms with Crippen LogP contribution < -0.4 is 5.32 Å². The first kappa shape index (κ1) is 14.4. The highest BCUT2D eigenvalue weighted by molar-refractivity contribution is 7.13. The molecule has 0 unspecified atom stereocenters. The van der Waals surface area contributed by atoms with Gasteiger partial charge in [-0.05, 0) is 30.7 Å². The van der Waals surface area contributed by atoms with Crippen molar-refractivity contribution in [1.29, 1.82) is 0 Å². The van der Waals surface area contributed by atoms with Crippen molar-refractivity contribution in [3.63, 3.8) is 0 Å². The van der Waals surface area contributed by atoms with Crippen LogP contribution in [0, 0.1) is 5.82 Å². The smallest absolute Gasteiger partial charge is 0.260 e. The number of halogens is 1. The molecule has 0 aliphatic carbocycles. The molecular weight excluding hydrogens is 303 g/mol. The number of carbonyl (C=O) groups excluding carboxylic acids is 1. The van der Waals surface area contributed by atoms with Crippen LogP contribution >= 0.6 is 11.3 Å². The number of hydrogen-bond acceptors (Lipinski definition) is 4. The lowest BCUT2D eigenvalue weighted by Crippen LogP contribution is -2.14. The highest BCUT2D eigenvalue weighted by Crippen LogP contribution is 2.18. The average molecular weight is 316 g/mol. The van der Waals surface area contributed by atoms with Crippen LogP contribution in [0.5, 0.6) is 0 Å². The molecule has 0 aliphatic rings. The van der Waals surface area contributed by atoms with Crippen LogP contribution in [-0.4, -0.2) is 20.7 Å². The third-order valence-corrected chi connectivity index (χ3v) is 3.86. The molecule has 1 N–H and O–H groups in total. The summed E-state index contributed by atoms with van der Waals surface area (Å²) in [7, 11) is 0. The van der Waals surface area contributed by atoms with Crippen molar-refractivity contribution in [2.75, 3.05) is 5.32 Å². The molecule has 112 valence electrons. The minimum atomic E-state index is -0.310. The maximum atomic E-state index is 13.0. The SMILES string of the molecule is CCc1c(C(=O)Nc2nccs2)cnn1-c1ccc(F)cc1. The summed E-state index contributed by atoms with van der Waals surface area (Å²) >= 11 is 1.35. The van der Waals surface area contributed by atoms with Gasteiger partial charge in [0.2, 0.25) is 0 Å². The van der Waals surface area contributed by atoms with E-state index in [1.54, 1.807) is 28.4 Å². The number of rotatable bonds is 4. The molecule has 0 spiro atoms. The number of nitrogens with zero attached hydrogens (tertiary/aromatic N) is 3. The number of amides is 1. The second kappa shape index (κ2) is 6.07. The van der Waals surface area contributed by atoms with Crippen LogP contribution in [0.15, 0.2) is 42.0 Å². The van der Waals surface area contributed by atoms with E-state index in [9.17, 15) is 9.18 Å². The lowest BCUT2D eigenvalue weighted by molar-refractivity contribution is 0.102. The van der Waals surface area contributed by atoms with Crippen molar-refractivity contribution < 1.29 is 9.18 Å². The minimum absolute atomic E-state index is 0.250. The van der Waals surface area contributed by atoms with Crippen LogP contribution in [0.4, 0.5) is 9.52 Å². The Morgan fingerprint density at radius 1 is 1.36 bits per heavy atom. The van der Waals surface area contributed by atoms with Gasteiger partial charge < -0.3 is 0 Å². The Morgan fingerprint density at radius 2 is 2.14 bits per heavy atom. The number of nitrogens with one attached hydrogen (secondary N) is 1. The van der Waals surface area contributed by atoms with Crippen LogP contribution in [0.2, 0.25) is 0 Å². The lowest BCUT2D eigenvalue weighted by Gasteiger charge is -2.07. The van der Waals surface area contributed by atoms with Gasteiger partial charge >= 0.3 is 0 Å². The van der Waals surface area contributed by atoms with Gasteiger partial charge in [0.1, 0.15) is 5.82 Å². The molecule has 22 heavy (non-hydrogen) atoms. The molecule has 7 heteroatoms. The Morgan fingerprint density at radius 3 is 2.77 bits per heavy atom. The molecule has 0 saturated carbocycles. The number of thiazole rings is 1. The first-order valence-corrected chi connectivity index (χ1v) is 7.60. The zero-order chi connectivity index (χ0) is 15.5. The number of anilines is 1. The summed E-state index contributed by atoms with van der Waals surface area (Å²) in [5.41, 5.74) is 1.97. The van der Waals surface area contributed by atoms with Gasteiger partial charge in [0.15, 0.2) is 5.13 Å². The summed E-state index contributed by atoms with van der Waals surface area (Å²) in [4.78, 5) is 16.4. The summed E-state index contributed by atoms with van der Waals surface area (Å²) in [6.45, 7) is 1.94. The molecule has 2 heterocycles. The van der Waals surface area contributed by atoms with E-state index in [0.717, 1.165) is 5.69 Å². The molecule has 2 aromatic heterocycles. The van der Waals surface area contributed by atoms with E-state index in [1.807, 2.05) is 6.92 Å². The minimum Gasteiger partial charge on any atom is -0.298 e. The van der Waals surface area contributed by atoms with Gasteiger partial charge in [-0.25, -0.2) is 14.1 Å². The van der Waals surface area contributed by atoms with Crippen LogP contribution in [0.1, 0.15) is 23.0 Å². The Balaban J connectivity index is 1.93. The predicted octanol–water partition coefficient (Wildman–Crippen LogP) is 3.28. The van der Waals surface area contributed by atoms with Gasteiger partial charge in [-0.2, -0.15) is 5.10 Å². The third kappa shape index (κ3) is 2.75. The lowest BCUT2D eigenvalue weighted by atomic mass is 10.2. The Bertz CT molecular complexity index is 780. The fraction of sp³-hybridized carbons (Fsp3) is 0.133. The standard InChI is InChI=1S/C15H13FN4OS/c1-2-13-12(14(21)19-15-17-7-8-22-15)9-18-20(13)11-5-3-10(16)4-6-11/h3-9H,2H2,1H3,(H,17,19,21). The molecule has 0 fully saturated rings. The molecule has 0 radical (unpaired) electrons. The zero-order valence-electron chi connectivity index (χ0n) is 11.8. The maximum absolute atomic E-state index is 13.0. The second-order valence-corrected chi connectivity index (χ2v) is 5.43. The quantitative estimate of drug-likeness (QED) is 0.803. The van der Waals surface area contributed by atoms with Gasteiger partial charge in [0, 0.05) is 11.6 Å². The average Bonchev–Trinajstić information content (AvgIpc) is 3.16. The van der Waals surface area contributed by atoms with Crippen LogP contribution in [0.25, 0.3) is 5.69 Å². The number of benzene rings is 1. The van der Waals surface area contributed by atoms with E-state index >= 15 is 0 Å². The van der Waals surface area contributed by atoms with E-state index in [4.69, 9.17) is 0 Å². The zero-order valence-corrected chi connectivity index (χ0v) is 12.6. The summed E-state index contributed by atoms with van der Waals surface area (Å²) in [6.07, 6.45) is 3.77. The van der Waals surface area contributed by atoms with Crippen LogP contribution in [0.3, 0.4) is 0 Å². The molecule has 0 atom stereocenters. The predicted molar refractivity (Wildman–Crippen MR) is 83.0 cm³/mol. The maximum Gasteiger partial charge on any atom is 0.260 e. The Hall–Kier alpha value is -2.54. The van der Waals surface area contributed by atoms with Crippen molar-refractivity contribution in [3.05, 3.63) is 59.1 Å². The molecule has 1 aromatic carbocycles. The van der Waals surface area contributed by atoms with Gasteiger partial charge in [-0.3, -0.25) is 10.1 Å². The van der Waals surface area contributed by atoms with Gasteiger partial charge in [-0.1, -0.05) is 6.92 Å². The van der Waals surface area contributed by atoms with E-state index in [2.05, 4.69) is 15.4 Å². The number of carbonyl (C=O) groups is 1. The van der Waals surface area contributed by atoms with Crippen molar-refractivity contribution in [2.24, 2.45) is 0 Å². The first-order chi connectivity index (χ1) is 10.7. The number of hydrogen-bond donors (Lipinski definition) is 1. The molecule has 0 saturated heterocycles. The third-order valence-electron chi connectivity index (χ3n) is 3.17. The van der Waals surface area contributed by atoms with Crippen LogP contribution in [-0.2, 0) is 6.42 Å². The highest BCUT2D eigenvalue weighted by atomic mass is 32.1. The van der Waals surface area contributed by atoms with Crippen molar-refractivity contribution >= 4 is 22.4 Å². The molecular formula is C15H13FN4OS. The van der Waals surface area contributed by atoms with Crippen molar-refractivity contribution in [3.8, 4) is 5.69 Å². The largest absolute Gasteiger partial charge is 0.298 e. The molecule has 5 nitrogen and oxygen atoms in total. The Labute approximate surface area is 130 Å². The van der Waals surface area contributed by atoms with Gasteiger partial charge in [0.25, 0.3) is 5.91 Å². The molecule has 0 aliphatic heterocycles. The summed E-state index contributed by atoms with van der Waals surface area (Å²) in [5.74, 6) is -0.559. The second-order valence-electron chi connectivity index (χ2n) is 4.54. The molecule has 1 amide bonds. The fourth-order valence-electron chi connectivity index (χ4n) is 2.16. The monoisotopic (exact) mass is 316 g/mol. The summed E-state index contributed by atoms with van der Waals surface area (Å²) in [5, 5.41) is 9.33. The highest BCUT2D eigenvalue weighted by Gasteiger charge is 2.17. The van der Waals surface area contributed by atoms with E-state index in [1.165, 1.54) is 29.7 Å². The first-order valence-electron chi connectivity index (χ1n) is 6.72. The summed E-state index contributed by atoms with van der Waals surface area (Å²) in [6, 6.07) is 5.99. The molecule has 3 aromatic rings. The van der Waals surface area contributed by atoms with E-state index in [0.29, 0.717) is 22.8 Å². The molecule has 3 rings (SSSR count). The van der Waals surface area contributed by atoms with E-state index < -0.39 is 0 Å². The number of aromatic nitrogens is 3. The Kier molecular flexibility index (Phi) is 3.97. The van der Waals surface area contributed by atoms with E-state index in [-0.39, 0.29) is 11.7 Å². The van der Waals surface area contributed by atoms with Crippen molar-refractivity contribution in [2.45, 2.75) is 13.3 Å². The molecule has 0 bridgehead atoms. The topological polar surface area (TPSA) is 59.8 Å².